The molecule has 0 fully saturated rings. The van der Waals surface area contributed by atoms with Gasteiger partial charge in [0.2, 0.25) is 0 Å². The van der Waals surface area contributed by atoms with Crippen LogP contribution >= 0.6 is 11.8 Å². The molecule has 0 N–H and O–H groups in total. The molecular weight excluding hydrogens is 364 g/mol. The summed E-state index contributed by atoms with van der Waals surface area (Å²) in [5.41, 5.74) is 1.77. The summed E-state index contributed by atoms with van der Waals surface area (Å²) in [6, 6.07) is 9.39. The first-order chi connectivity index (χ1) is 13.2. The molecule has 27 heavy (non-hydrogen) atoms. The van der Waals surface area contributed by atoms with Crippen LogP contribution < -0.4 is 9.47 Å². The summed E-state index contributed by atoms with van der Waals surface area (Å²) in [4.78, 5) is 12.4. The number of furan rings is 1. The van der Waals surface area contributed by atoms with E-state index in [2.05, 4.69) is 17.1 Å². The molecule has 3 heterocycles. The lowest BCUT2D eigenvalue weighted by Gasteiger charge is -2.18. The first-order valence-corrected chi connectivity index (χ1v) is 9.95. The maximum Gasteiger partial charge on any atom is 0.161 e. The highest BCUT2D eigenvalue weighted by molar-refractivity contribution is 8.14. The fraction of sp³-hybridized carbons (Fsp3) is 0.350. The molecule has 0 spiro atoms. The zero-order valence-electron chi connectivity index (χ0n) is 15.0. The van der Waals surface area contributed by atoms with Crippen molar-refractivity contribution in [3.05, 3.63) is 47.9 Å². The first kappa shape index (κ1) is 17.9. The molecule has 0 radical (unpaired) electrons. The average molecular weight is 384 g/mol. The molecule has 6 nitrogen and oxygen atoms in total. The molecule has 0 bridgehead atoms. The fourth-order valence-corrected chi connectivity index (χ4v) is 4.12. The Bertz CT molecular complexity index is 889. The number of ketones is 1. The number of rotatable bonds is 6. The van der Waals surface area contributed by atoms with E-state index in [9.17, 15) is 4.79 Å². The van der Waals surface area contributed by atoms with Gasteiger partial charge in [0.15, 0.2) is 17.3 Å². The van der Waals surface area contributed by atoms with E-state index < -0.39 is 0 Å². The van der Waals surface area contributed by atoms with E-state index in [0.29, 0.717) is 31.1 Å². The molecule has 1 aromatic carbocycles. The van der Waals surface area contributed by atoms with Crippen LogP contribution in [0.15, 0.2) is 51.2 Å². The summed E-state index contributed by atoms with van der Waals surface area (Å²) >= 11 is 1.46. The summed E-state index contributed by atoms with van der Waals surface area (Å²) in [5.74, 6) is 2.78. The number of ether oxygens (including phenoxy) is 2. The molecule has 2 aliphatic rings. The minimum atomic E-state index is 0.0863. The summed E-state index contributed by atoms with van der Waals surface area (Å²) in [5, 5.41) is 9.43. The van der Waals surface area contributed by atoms with Crippen molar-refractivity contribution in [3.63, 3.8) is 0 Å². The predicted octanol–water partition coefficient (Wildman–Crippen LogP) is 3.74. The Labute approximate surface area is 161 Å². The van der Waals surface area contributed by atoms with Crippen LogP contribution in [-0.2, 0) is 11.2 Å². The topological polar surface area (TPSA) is 73.4 Å². The highest BCUT2D eigenvalue weighted by Crippen LogP contribution is 2.31. The van der Waals surface area contributed by atoms with Gasteiger partial charge in [-0.3, -0.25) is 4.79 Å². The van der Waals surface area contributed by atoms with E-state index in [4.69, 9.17) is 13.9 Å². The predicted molar refractivity (Wildman–Crippen MR) is 105 cm³/mol. The lowest BCUT2D eigenvalue weighted by atomic mass is 10.0. The van der Waals surface area contributed by atoms with Crippen LogP contribution in [0.3, 0.4) is 0 Å². The monoisotopic (exact) mass is 384 g/mol. The molecule has 2 aliphatic heterocycles. The molecule has 0 amide bonds. The van der Waals surface area contributed by atoms with E-state index in [0.717, 1.165) is 34.2 Å². The number of nitrogens with zero attached hydrogens (tertiary/aromatic N) is 2. The standard InChI is InChI=1S/C20H20N2O4S/c1-2-15-19(17-4-3-7-24-17)21-22-20(15)27-12-14(23)10-13-5-6-16-18(11-13)26-9-8-25-16/h3-7,11,15H,2,8-10,12H2,1H3. The molecule has 1 aromatic heterocycles. The van der Waals surface area contributed by atoms with Gasteiger partial charge in [-0.25, -0.2) is 0 Å². The van der Waals surface area contributed by atoms with Gasteiger partial charge in [0.25, 0.3) is 0 Å². The fourth-order valence-electron chi connectivity index (χ4n) is 3.13. The van der Waals surface area contributed by atoms with Crippen LogP contribution in [0.25, 0.3) is 0 Å². The zero-order chi connectivity index (χ0) is 18.6. The Morgan fingerprint density at radius 2 is 2.04 bits per heavy atom. The van der Waals surface area contributed by atoms with Crippen molar-refractivity contribution >= 4 is 28.3 Å². The van der Waals surface area contributed by atoms with Crippen molar-refractivity contribution in [3.8, 4) is 11.5 Å². The van der Waals surface area contributed by atoms with Crippen LogP contribution in [-0.4, -0.2) is 35.5 Å². The van der Waals surface area contributed by atoms with Crippen molar-refractivity contribution < 1.29 is 18.7 Å². The normalized spacial score (nSPS) is 18.2. The Kier molecular flexibility index (Phi) is 5.29. The SMILES string of the molecule is CCC1C(SCC(=O)Cc2ccc3c(c2)OCCO3)=NN=C1c1ccco1. The zero-order valence-corrected chi connectivity index (χ0v) is 15.8. The molecule has 1 unspecified atom stereocenters. The van der Waals surface area contributed by atoms with Crippen LogP contribution in [0.1, 0.15) is 24.7 Å². The van der Waals surface area contributed by atoms with Crippen molar-refractivity contribution in [2.45, 2.75) is 19.8 Å². The lowest BCUT2D eigenvalue weighted by Crippen LogP contribution is -2.19. The van der Waals surface area contributed by atoms with Gasteiger partial charge in [-0.05, 0) is 36.2 Å². The number of thioether (sulfide) groups is 1. The van der Waals surface area contributed by atoms with Gasteiger partial charge in [-0.2, -0.15) is 5.10 Å². The van der Waals surface area contributed by atoms with Crippen molar-refractivity contribution in [1.82, 2.24) is 0 Å². The smallest absolute Gasteiger partial charge is 0.161 e. The molecule has 1 atom stereocenters. The van der Waals surface area contributed by atoms with Gasteiger partial charge >= 0.3 is 0 Å². The maximum atomic E-state index is 12.4. The Hall–Kier alpha value is -2.54. The summed E-state index contributed by atoms with van der Waals surface area (Å²) < 4.78 is 16.5. The quantitative estimate of drug-likeness (QED) is 0.759. The molecule has 0 saturated heterocycles. The van der Waals surface area contributed by atoms with Gasteiger partial charge in [0.1, 0.15) is 29.8 Å². The largest absolute Gasteiger partial charge is 0.486 e. The van der Waals surface area contributed by atoms with Crippen molar-refractivity contribution in [2.24, 2.45) is 16.1 Å². The number of carbonyl (C=O) groups excluding carboxylic acids is 1. The molecule has 2 aromatic rings. The second-order valence-corrected chi connectivity index (χ2v) is 7.34. The molecule has 140 valence electrons. The van der Waals surface area contributed by atoms with Gasteiger partial charge < -0.3 is 13.9 Å². The molecule has 7 heteroatoms. The molecular formula is C20H20N2O4S. The van der Waals surface area contributed by atoms with Crippen molar-refractivity contribution in [1.29, 1.82) is 0 Å². The van der Waals surface area contributed by atoms with Gasteiger partial charge in [-0.1, -0.05) is 13.0 Å². The van der Waals surface area contributed by atoms with Crippen LogP contribution in [0.5, 0.6) is 11.5 Å². The average Bonchev–Trinajstić information content (AvgIpc) is 3.35. The first-order valence-electron chi connectivity index (χ1n) is 8.97. The summed E-state index contributed by atoms with van der Waals surface area (Å²) in [7, 11) is 0. The Morgan fingerprint density at radius 1 is 1.19 bits per heavy atom. The number of carbonyl (C=O) groups is 1. The second-order valence-electron chi connectivity index (χ2n) is 6.34. The number of hydrogen-bond donors (Lipinski definition) is 0. The van der Waals surface area contributed by atoms with Gasteiger partial charge in [-0.15, -0.1) is 16.9 Å². The van der Waals surface area contributed by atoms with Gasteiger partial charge in [0, 0.05) is 6.42 Å². The lowest BCUT2D eigenvalue weighted by molar-refractivity contribution is -0.115. The van der Waals surface area contributed by atoms with E-state index in [1.165, 1.54) is 11.8 Å². The number of Topliss-reactive ketones (excluding diaryl/α,β-unsaturated/α-hetero) is 1. The second kappa shape index (κ2) is 8.00. The van der Waals surface area contributed by atoms with Crippen LogP contribution in [0.2, 0.25) is 0 Å². The number of benzene rings is 1. The molecule has 0 saturated carbocycles. The summed E-state index contributed by atoms with van der Waals surface area (Å²) in [6.07, 6.45) is 2.86. The Balaban J connectivity index is 1.33. The third-order valence-corrected chi connectivity index (χ3v) is 5.58. The van der Waals surface area contributed by atoms with E-state index in [1.54, 1.807) is 6.26 Å². The molecule has 4 rings (SSSR count). The van der Waals surface area contributed by atoms with Crippen LogP contribution in [0.4, 0.5) is 0 Å². The maximum absolute atomic E-state index is 12.4. The Morgan fingerprint density at radius 3 is 2.81 bits per heavy atom. The molecule has 0 aliphatic carbocycles. The summed E-state index contributed by atoms with van der Waals surface area (Å²) in [6.45, 7) is 3.18. The third kappa shape index (κ3) is 3.93. The third-order valence-electron chi connectivity index (χ3n) is 4.46. The van der Waals surface area contributed by atoms with E-state index in [1.807, 2.05) is 30.3 Å². The minimum absolute atomic E-state index is 0.0863. The van der Waals surface area contributed by atoms with E-state index >= 15 is 0 Å². The van der Waals surface area contributed by atoms with Gasteiger partial charge in [0.05, 0.1) is 17.9 Å². The van der Waals surface area contributed by atoms with Crippen molar-refractivity contribution in [2.75, 3.05) is 19.0 Å². The highest BCUT2D eigenvalue weighted by Gasteiger charge is 2.29. The highest BCUT2D eigenvalue weighted by atomic mass is 32.2. The number of fused-ring (bicyclic) bond motifs is 1. The van der Waals surface area contributed by atoms with E-state index in [-0.39, 0.29) is 11.7 Å². The number of hydrogen-bond acceptors (Lipinski definition) is 7. The minimum Gasteiger partial charge on any atom is -0.486 e. The van der Waals surface area contributed by atoms with Crippen LogP contribution in [0, 0.1) is 5.92 Å².